The molecule has 1 fully saturated rings. The molecule has 1 aliphatic heterocycles. The van der Waals surface area contributed by atoms with Gasteiger partial charge in [0.25, 0.3) is 5.69 Å². The van der Waals surface area contributed by atoms with E-state index in [2.05, 4.69) is 10.1 Å². The van der Waals surface area contributed by atoms with Crippen molar-refractivity contribution in [2.45, 2.75) is 18.9 Å². The van der Waals surface area contributed by atoms with E-state index in [9.17, 15) is 24.1 Å². The number of hydrogen-bond acceptors (Lipinski definition) is 5. The van der Waals surface area contributed by atoms with Crippen LogP contribution in [-0.4, -0.2) is 41.5 Å². The monoisotopic (exact) mass is 311 g/mol. The molecule has 22 heavy (non-hydrogen) atoms. The Hall–Kier alpha value is -2.71. The number of nitrogens with one attached hydrogen (secondary N) is 1. The molecule has 0 bridgehead atoms. The van der Waals surface area contributed by atoms with Crippen molar-refractivity contribution in [1.29, 1.82) is 0 Å². The van der Waals surface area contributed by atoms with E-state index in [1.54, 1.807) is 0 Å². The van der Waals surface area contributed by atoms with Crippen LogP contribution in [0.1, 0.15) is 12.8 Å². The number of nitro groups is 1. The van der Waals surface area contributed by atoms with Crippen LogP contribution in [0.4, 0.5) is 20.6 Å². The van der Waals surface area contributed by atoms with Gasteiger partial charge in [0, 0.05) is 6.54 Å². The molecule has 2 rings (SSSR count). The first-order valence-corrected chi connectivity index (χ1v) is 6.53. The maximum absolute atomic E-state index is 13.1. The van der Waals surface area contributed by atoms with E-state index in [0.717, 1.165) is 18.2 Å². The molecule has 1 unspecified atom stereocenters. The number of carbonyl (C=O) groups excluding carboxylic acids is 2. The van der Waals surface area contributed by atoms with Gasteiger partial charge >= 0.3 is 6.09 Å². The number of ether oxygens (including phenoxy) is 1. The van der Waals surface area contributed by atoms with E-state index in [1.807, 2.05) is 0 Å². The SMILES string of the molecule is COC(=O)N1CCCC1C(=O)Nc1ccc(F)cc1[N+](=O)[O-]. The molecule has 0 aliphatic carbocycles. The van der Waals surface area contributed by atoms with Crippen molar-refractivity contribution in [3.63, 3.8) is 0 Å². The van der Waals surface area contributed by atoms with Crippen molar-refractivity contribution in [1.82, 2.24) is 4.90 Å². The molecule has 1 aromatic carbocycles. The molecule has 0 spiro atoms. The number of likely N-dealkylation sites (tertiary alicyclic amines) is 1. The topological polar surface area (TPSA) is 102 Å². The van der Waals surface area contributed by atoms with Crippen LogP contribution in [0.5, 0.6) is 0 Å². The van der Waals surface area contributed by atoms with E-state index >= 15 is 0 Å². The van der Waals surface area contributed by atoms with Crippen LogP contribution in [-0.2, 0) is 9.53 Å². The van der Waals surface area contributed by atoms with Crippen LogP contribution in [0, 0.1) is 15.9 Å². The summed E-state index contributed by atoms with van der Waals surface area (Å²) >= 11 is 0. The fourth-order valence-electron chi connectivity index (χ4n) is 2.35. The number of amides is 2. The second-order valence-electron chi connectivity index (χ2n) is 4.73. The molecule has 8 nitrogen and oxygen atoms in total. The Morgan fingerprint density at radius 2 is 2.23 bits per heavy atom. The van der Waals surface area contributed by atoms with E-state index in [0.29, 0.717) is 19.4 Å². The molecule has 1 N–H and O–H groups in total. The summed E-state index contributed by atoms with van der Waals surface area (Å²) < 4.78 is 17.7. The number of halogens is 1. The number of benzene rings is 1. The summed E-state index contributed by atoms with van der Waals surface area (Å²) in [6.45, 7) is 0.371. The van der Waals surface area contributed by atoms with Gasteiger partial charge in [0.05, 0.1) is 18.1 Å². The Morgan fingerprint density at radius 3 is 2.86 bits per heavy atom. The number of anilines is 1. The van der Waals surface area contributed by atoms with Gasteiger partial charge in [-0.2, -0.15) is 0 Å². The standard InChI is InChI=1S/C13H14FN3O5/c1-22-13(19)16-6-2-3-10(16)12(18)15-9-5-4-8(14)7-11(9)17(20)21/h4-5,7,10H,2-3,6H2,1H3,(H,15,18). The van der Waals surface area contributed by atoms with Crippen LogP contribution >= 0.6 is 0 Å². The summed E-state index contributed by atoms with van der Waals surface area (Å²) in [6.07, 6.45) is 0.417. The molecule has 1 heterocycles. The first-order chi connectivity index (χ1) is 10.4. The van der Waals surface area contributed by atoms with Gasteiger partial charge in [0.2, 0.25) is 5.91 Å². The first kappa shape index (κ1) is 15.7. The van der Waals surface area contributed by atoms with Crippen molar-refractivity contribution in [2.75, 3.05) is 19.0 Å². The fraction of sp³-hybridized carbons (Fsp3) is 0.385. The summed E-state index contributed by atoms with van der Waals surface area (Å²) in [5.41, 5.74) is -0.663. The van der Waals surface area contributed by atoms with Gasteiger partial charge in [-0.1, -0.05) is 0 Å². The van der Waals surface area contributed by atoms with Crippen molar-refractivity contribution < 1.29 is 23.6 Å². The molecule has 1 saturated heterocycles. The van der Waals surface area contributed by atoms with Crippen LogP contribution in [0.15, 0.2) is 18.2 Å². The predicted molar refractivity (Wildman–Crippen MR) is 73.8 cm³/mol. The smallest absolute Gasteiger partial charge is 0.410 e. The second kappa shape index (κ2) is 6.37. The quantitative estimate of drug-likeness (QED) is 0.678. The molecule has 1 aliphatic rings. The Morgan fingerprint density at radius 1 is 1.50 bits per heavy atom. The van der Waals surface area contributed by atoms with Crippen molar-refractivity contribution in [3.8, 4) is 0 Å². The molecule has 0 radical (unpaired) electrons. The molecular formula is C13H14FN3O5. The summed E-state index contributed by atoms with van der Waals surface area (Å²) in [6, 6.07) is 2.08. The molecule has 9 heteroatoms. The fourth-order valence-corrected chi connectivity index (χ4v) is 2.35. The van der Waals surface area contributed by atoms with E-state index in [4.69, 9.17) is 0 Å². The lowest BCUT2D eigenvalue weighted by molar-refractivity contribution is -0.384. The number of methoxy groups -OCH3 is 1. The van der Waals surface area contributed by atoms with E-state index in [1.165, 1.54) is 12.0 Å². The highest BCUT2D eigenvalue weighted by molar-refractivity contribution is 5.98. The number of nitro benzene ring substituents is 1. The van der Waals surface area contributed by atoms with Crippen LogP contribution < -0.4 is 5.32 Å². The molecule has 0 saturated carbocycles. The number of nitrogens with zero attached hydrogens (tertiary/aromatic N) is 2. The normalized spacial score (nSPS) is 17.2. The number of carbonyl (C=O) groups is 2. The Bertz CT molecular complexity index is 622. The third kappa shape index (κ3) is 3.13. The second-order valence-corrected chi connectivity index (χ2v) is 4.73. The Labute approximate surface area is 125 Å². The zero-order valence-corrected chi connectivity index (χ0v) is 11.7. The first-order valence-electron chi connectivity index (χ1n) is 6.53. The van der Waals surface area contributed by atoms with Gasteiger partial charge < -0.3 is 10.1 Å². The minimum absolute atomic E-state index is 0.117. The van der Waals surface area contributed by atoms with Gasteiger partial charge in [-0.25, -0.2) is 9.18 Å². The summed E-state index contributed by atoms with van der Waals surface area (Å²) in [4.78, 5) is 35.2. The zero-order chi connectivity index (χ0) is 16.3. The largest absolute Gasteiger partial charge is 0.453 e. The van der Waals surface area contributed by atoms with Gasteiger partial charge in [0.15, 0.2) is 0 Å². The van der Waals surface area contributed by atoms with Gasteiger partial charge in [-0.05, 0) is 25.0 Å². The summed E-state index contributed by atoms with van der Waals surface area (Å²) in [7, 11) is 1.21. The third-order valence-electron chi connectivity index (χ3n) is 3.38. The van der Waals surface area contributed by atoms with Crippen LogP contribution in [0.3, 0.4) is 0 Å². The number of rotatable bonds is 3. The molecule has 0 aromatic heterocycles. The minimum atomic E-state index is -0.786. The summed E-state index contributed by atoms with van der Waals surface area (Å²) in [5, 5.41) is 13.3. The lowest BCUT2D eigenvalue weighted by Gasteiger charge is -2.22. The highest BCUT2D eigenvalue weighted by Gasteiger charge is 2.35. The van der Waals surface area contributed by atoms with Crippen molar-refractivity contribution >= 4 is 23.4 Å². The lowest BCUT2D eigenvalue weighted by Crippen LogP contribution is -2.43. The maximum atomic E-state index is 13.1. The Kier molecular flexibility index (Phi) is 4.54. The van der Waals surface area contributed by atoms with Gasteiger partial charge in [-0.15, -0.1) is 0 Å². The van der Waals surface area contributed by atoms with Crippen molar-refractivity contribution in [3.05, 3.63) is 34.1 Å². The van der Waals surface area contributed by atoms with Crippen LogP contribution in [0.2, 0.25) is 0 Å². The van der Waals surface area contributed by atoms with E-state index < -0.39 is 34.5 Å². The van der Waals surface area contributed by atoms with E-state index in [-0.39, 0.29) is 5.69 Å². The van der Waals surface area contributed by atoms with Crippen LogP contribution in [0.25, 0.3) is 0 Å². The van der Waals surface area contributed by atoms with Crippen molar-refractivity contribution in [2.24, 2.45) is 0 Å². The predicted octanol–water partition coefficient (Wildman–Crippen LogP) is 1.90. The lowest BCUT2D eigenvalue weighted by atomic mass is 10.2. The molecule has 1 aromatic rings. The molecule has 2 amide bonds. The zero-order valence-electron chi connectivity index (χ0n) is 11.7. The Balaban J connectivity index is 2.19. The average molecular weight is 311 g/mol. The summed E-state index contributed by atoms with van der Waals surface area (Å²) in [5.74, 6) is -1.35. The maximum Gasteiger partial charge on any atom is 0.410 e. The molecular weight excluding hydrogens is 297 g/mol. The molecule has 1 atom stereocenters. The highest BCUT2D eigenvalue weighted by atomic mass is 19.1. The minimum Gasteiger partial charge on any atom is -0.453 e. The van der Waals surface area contributed by atoms with Gasteiger partial charge in [0.1, 0.15) is 17.5 Å². The number of hydrogen-bond donors (Lipinski definition) is 1. The van der Waals surface area contributed by atoms with Gasteiger partial charge in [-0.3, -0.25) is 19.8 Å². The molecule has 118 valence electrons. The third-order valence-corrected chi connectivity index (χ3v) is 3.38. The highest BCUT2D eigenvalue weighted by Crippen LogP contribution is 2.27. The average Bonchev–Trinajstić information content (AvgIpc) is 2.97.